The lowest BCUT2D eigenvalue weighted by Gasteiger charge is -2.09. The summed E-state index contributed by atoms with van der Waals surface area (Å²) in [6.07, 6.45) is 0. The first kappa shape index (κ1) is 13.6. The van der Waals surface area contributed by atoms with Gasteiger partial charge in [-0.1, -0.05) is 17.8 Å². The van der Waals surface area contributed by atoms with Gasteiger partial charge in [0.2, 0.25) is 0 Å². The molecular weight excluding hydrogens is 259 g/mol. The van der Waals surface area contributed by atoms with Gasteiger partial charge in [-0.25, -0.2) is 4.39 Å². The fourth-order valence-electron chi connectivity index (χ4n) is 1.71. The minimum absolute atomic E-state index is 0.120. The first-order chi connectivity index (χ1) is 8.97. The van der Waals surface area contributed by atoms with E-state index in [1.165, 1.54) is 35.0 Å². The van der Waals surface area contributed by atoms with Crippen molar-refractivity contribution in [2.45, 2.75) is 23.6 Å². The summed E-state index contributed by atoms with van der Waals surface area (Å²) in [4.78, 5) is 1.84. The molecule has 2 nitrogen and oxygen atoms in total. The van der Waals surface area contributed by atoms with Crippen molar-refractivity contribution in [3.05, 3.63) is 58.9 Å². The maximum absolute atomic E-state index is 13.2. The van der Waals surface area contributed by atoms with Crippen molar-refractivity contribution in [2.24, 2.45) is 5.73 Å². The predicted octanol–water partition coefficient (Wildman–Crippen LogP) is 3.88. The van der Waals surface area contributed by atoms with Gasteiger partial charge in [0.05, 0.1) is 0 Å². The zero-order valence-corrected chi connectivity index (χ0v) is 11.6. The van der Waals surface area contributed by atoms with Gasteiger partial charge in [0.1, 0.15) is 11.7 Å². The van der Waals surface area contributed by atoms with Gasteiger partial charge in [-0.05, 0) is 55.3 Å². The van der Waals surface area contributed by atoms with Crippen molar-refractivity contribution in [1.82, 2.24) is 0 Å². The van der Waals surface area contributed by atoms with Crippen LogP contribution in [0, 0.1) is 25.1 Å². The number of hydrogen-bond donors (Lipinski definition) is 2. The van der Waals surface area contributed by atoms with E-state index < -0.39 is 0 Å². The monoisotopic (exact) mass is 274 g/mol. The van der Waals surface area contributed by atoms with Crippen LogP contribution in [0.4, 0.5) is 4.39 Å². The maximum atomic E-state index is 13.2. The average molecular weight is 274 g/mol. The van der Waals surface area contributed by atoms with Crippen molar-refractivity contribution >= 4 is 17.6 Å². The van der Waals surface area contributed by atoms with E-state index >= 15 is 0 Å². The number of nitrogens with two attached hydrogens (primary N) is 1. The van der Waals surface area contributed by atoms with Crippen LogP contribution in [0.5, 0.6) is 0 Å². The number of benzene rings is 2. The highest BCUT2D eigenvalue weighted by atomic mass is 32.2. The minimum Gasteiger partial charge on any atom is -0.384 e. The van der Waals surface area contributed by atoms with E-state index in [0.29, 0.717) is 5.56 Å². The number of rotatable bonds is 3. The van der Waals surface area contributed by atoms with E-state index in [-0.39, 0.29) is 11.7 Å². The fraction of sp³-hybridized carbons (Fsp3) is 0.133. The Morgan fingerprint density at radius 1 is 1.11 bits per heavy atom. The summed E-state index contributed by atoms with van der Waals surface area (Å²) >= 11 is 1.49. The normalized spacial score (nSPS) is 10.5. The summed E-state index contributed by atoms with van der Waals surface area (Å²) in [5, 5.41) is 7.51. The lowest BCUT2D eigenvalue weighted by Crippen LogP contribution is -2.12. The Labute approximate surface area is 116 Å². The van der Waals surface area contributed by atoms with Crippen LogP contribution in [0.1, 0.15) is 16.7 Å². The number of amidine groups is 1. The van der Waals surface area contributed by atoms with E-state index in [0.717, 1.165) is 9.79 Å². The number of aryl methyl sites for hydroxylation is 2. The van der Waals surface area contributed by atoms with E-state index in [9.17, 15) is 4.39 Å². The molecule has 2 rings (SSSR count). The third-order valence-electron chi connectivity index (χ3n) is 2.94. The smallest absolute Gasteiger partial charge is 0.124 e. The van der Waals surface area contributed by atoms with E-state index in [1.54, 1.807) is 6.07 Å². The lowest BCUT2D eigenvalue weighted by molar-refractivity contribution is 0.626. The Bertz CT molecular complexity index is 638. The van der Waals surface area contributed by atoms with Crippen molar-refractivity contribution in [3.63, 3.8) is 0 Å². The summed E-state index contributed by atoms with van der Waals surface area (Å²) < 4.78 is 13.2. The summed E-state index contributed by atoms with van der Waals surface area (Å²) in [5.74, 6) is -0.500. The molecule has 0 aliphatic carbocycles. The standard InChI is InChI=1S/C15H15FN2S/c1-9-3-5-12(7-10(9)2)19-14-6-4-11(16)8-13(14)15(17)18/h3-8H,1-2H3,(H3,17,18). The molecule has 2 aromatic carbocycles. The van der Waals surface area contributed by atoms with Crippen LogP contribution in [-0.2, 0) is 0 Å². The number of halogens is 1. The summed E-state index contributed by atoms with van der Waals surface area (Å²) in [5.41, 5.74) is 8.36. The highest BCUT2D eigenvalue weighted by molar-refractivity contribution is 7.99. The zero-order valence-electron chi connectivity index (χ0n) is 10.8. The highest BCUT2D eigenvalue weighted by Gasteiger charge is 2.09. The van der Waals surface area contributed by atoms with Gasteiger partial charge in [-0.15, -0.1) is 0 Å². The van der Waals surface area contributed by atoms with Crippen LogP contribution in [0.2, 0.25) is 0 Å². The maximum Gasteiger partial charge on any atom is 0.124 e. The quantitative estimate of drug-likeness (QED) is 0.659. The second-order valence-corrected chi connectivity index (χ2v) is 5.52. The molecular formula is C15H15FN2S. The zero-order chi connectivity index (χ0) is 14.0. The Kier molecular flexibility index (Phi) is 3.90. The molecule has 0 saturated heterocycles. The topological polar surface area (TPSA) is 49.9 Å². The molecule has 0 radical (unpaired) electrons. The number of hydrogen-bond acceptors (Lipinski definition) is 2. The van der Waals surface area contributed by atoms with Crippen LogP contribution >= 0.6 is 11.8 Å². The van der Waals surface area contributed by atoms with Gasteiger partial charge in [-0.3, -0.25) is 5.41 Å². The third kappa shape index (κ3) is 3.15. The molecule has 2 aromatic rings. The van der Waals surface area contributed by atoms with Gasteiger partial charge < -0.3 is 5.73 Å². The summed E-state index contributed by atoms with van der Waals surface area (Å²) in [7, 11) is 0. The number of nitrogens with one attached hydrogen (secondary N) is 1. The largest absolute Gasteiger partial charge is 0.384 e. The molecule has 0 amide bonds. The SMILES string of the molecule is Cc1ccc(Sc2ccc(F)cc2C(=N)N)cc1C. The van der Waals surface area contributed by atoms with Gasteiger partial charge >= 0.3 is 0 Å². The lowest BCUT2D eigenvalue weighted by atomic mass is 10.1. The van der Waals surface area contributed by atoms with Gasteiger partial charge in [-0.2, -0.15) is 0 Å². The molecule has 0 atom stereocenters. The summed E-state index contributed by atoms with van der Waals surface area (Å²) in [6, 6.07) is 10.5. The van der Waals surface area contributed by atoms with Crippen molar-refractivity contribution < 1.29 is 4.39 Å². The van der Waals surface area contributed by atoms with Crippen LogP contribution in [-0.4, -0.2) is 5.84 Å². The minimum atomic E-state index is -0.380. The van der Waals surface area contributed by atoms with E-state index in [1.807, 2.05) is 6.07 Å². The fourth-order valence-corrected chi connectivity index (χ4v) is 2.75. The predicted molar refractivity (Wildman–Crippen MR) is 77.5 cm³/mol. The molecule has 0 unspecified atom stereocenters. The molecule has 0 fully saturated rings. The second-order valence-electron chi connectivity index (χ2n) is 4.40. The molecule has 4 heteroatoms. The third-order valence-corrected chi connectivity index (χ3v) is 4.00. The average Bonchev–Trinajstić information content (AvgIpc) is 2.36. The highest BCUT2D eigenvalue weighted by Crippen LogP contribution is 2.31. The van der Waals surface area contributed by atoms with Crippen LogP contribution in [0.25, 0.3) is 0 Å². The Morgan fingerprint density at radius 2 is 1.84 bits per heavy atom. The molecule has 0 spiro atoms. The first-order valence-electron chi connectivity index (χ1n) is 5.86. The van der Waals surface area contributed by atoms with Crippen molar-refractivity contribution in [2.75, 3.05) is 0 Å². The molecule has 98 valence electrons. The van der Waals surface area contributed by atoms with Crippen molar-refractivity contribution in [3.8, 4) is 0 Å². The van der Waals surface area contributed by atoms with Crippen LogP contribution < -0.4 is 5.73 Å². The molecule has 0 aliphatic rings. The Hall–Kier alpha value is -1.81. The molecule has 0 saturated carbocycles. The summed E-state index contributed by atoms with van der Waals surface area (Å²) in [6.45, 7) is 4.11. The first-order valence-corrected chi connectivity index (χ1v) is 6.68. The number of nitrogen functional groups attached to an aromatic ring is 1. The van der Waals surface area contributed by atoms with Gasteiger partial charge in [0, 0.05) is 15.4 Å². The molecule has 0 aromatic heterocycles. The van der Waals surface area contributed by atoms with Crippen molar-refractivity contribution in [1.29, 1.82) is 5.41 Å². The molecule has 19 heavy (non-hydrogen) atoms. The second kappa shape index (κ2) is 5.45. The molecule has 0 heterocycles. The van der Waals surface area contributed by atoms with Crippen LogP contribution in [0.15, 0.2) is 46.2 Å². The van der Waals surface area contributed by atoms with Gasteiger partial charge in [0.25, 0.3) is 0 Å². The molecule has 0 bridgehead atoms. The Morgan fingerprint density at radius 3 is 2.47 bits per heavy atom. The molecule has 3 N–H and O–H groups in total. The van der Waals surface area contributed by atoms with Crippen LogP contribution in [0.3, 0.4) is 0 Å². The van der Waals surface area contributed by atoms with E-state index in [2.05, 4.69) is 26.0 Å². The van der Waals surface area contributed by atoms with E-state index in [4.69, 9.17) is 11.1 Å². The van der Waals surface area contributed by atoms with Gasteiger partial charge in [0.15, 0.2) is 0 Å². The Balaban J connectivity index is 2.37. The molecule has 0 aliphatic heterocycles.